The van der Waals surface area contributed by atoms with Crippen molar-refractivity contribution in [2.45, 2.75) is 25.7 Å². The molecule has 6 heterocycles. The molecule has 0 radical (unpaired) electrons. The number of aromatic nitrogens is 4. The molecule has 52 heavy (non-hydrogen) atoms. The first-order valence-electron chi connectivity index (χ1n) is 17.2. The first-order chi connectivity index (χ1) is 25.3. The molecule has 1 N–H and O–H groups in total. The van der Waals surface area contributed by atoms with Crippen molar-refractivity contribution in [1.29, 1.82) is 10.5 Å². The maximum absolute atomic E-state index is 13.0. The van der Waals surface area contributed by atoms with Gasteiger partial charge >= 0.3 is 0 Å². The number of nitrogens with zero attached hydrogens (tertiary/aromatic N) is 8. The molecule has 14 heteroatoms. The molecule has 4 aliphatic rings. The summed E-state index contributed by atoms with van der Waals surface area (Å²) in [6, 6.07) is 17.9. The Hall–Kier alpha value is -5.67. The van der Waals surface area contributed by atoms with Gasteiger partial charge in [-0.2, -0.15) is 10.5 Å². The number of aliphatic hydroxyl groups is 1. The van der Waals surface area contributed by atoms with Crippen molar-refractivity contribution in [3.8, 4) is 23.5 Å². The molecule has 4 aromatic rings. The standard InChI is InChI=1S/C19H20N4O3.C19H18N4O3/c2*20-8-14-3-5-16(6-4-14)23-9-15(2-1-7-24)21-17(18(23)25)22-10-19(11-22)12-26-13-19/h3-6,9,24H,1-2,7,10-13H2;3-7,9H,1-2,10-13H2. The molecule has 0 unspecified atom stereocenters. The molecule has 0 aliphatic carbocycles. The molecule has 2 aromatic heterocycles. The Kier molecular flexibility index (Phi) is 9.71. The van der Waals surface area contributed by atoms with E-state index in [1.54, 1.807) is 70.1 Å². The van der Waals surface area contributed by atoms with E-state index < -0.39 is 0 Å². The monoisotopic (exact) mass is 702 g/mol. The van der Waals surface area contributed by atoms with Crippen LogP contribution in [0.3, 0.4) is 0 Å². The van der Waals surface area contributed by atoms with Crippen LogP contribution in [-0.2, 0) is 27.1 Å². The minimum absolute atomic E-state index is 0.0805. The SMILES string of the molecule is N#Cc1ccc(-n2cc(CCC=O)nc(N3CC4(COC4)C3)c2=O)cc1.N#Cc1ccc(-n2cc(CCCO)nc(N3CC4(COC4)C3)c2=O)cc1. The van der Waals surface area contributed by atoms with Crippen molar-refractivity contribution < 1.29 is 19.4 Å². The lowest BCUT2D eigenvalue weighted by Crippen LogP contribution is -2.67. The first kappa shape index (κ1) is 34.8. The summed E-state index contributed by atoms with van der Waals surface area (Å²) in [7, 11) is 0. The number of carbonyl (C=O) groups excluding carboxylic acids is 1. The van der Waals surface area contributed by atoms with Crippen LogP contribution in [0.25, 0.3) is 11.4 Å². The third-order valence-corrected chi connectivity index (χ3v) is 9.87. The lowest BCUT2D eigenvalue weighted by molar-refractivity contribution is -0.127. The second kappa shape index (κ2) is 14.5. The van der Waals surface area contributed by atoms with Gasteiger partial charge in [-0.15, -0.1) is 0 Å². The average molecular weight is 703 g/mol. The van der Waals surface area contributed by atoms with E-state index in [0.717, 1.165) is 64.6 Å². The Morgan fingerprint density at radius 3 is 1.48 bits per heavy atom. The summed E-state index contributed by atoms with van der Waals surface area (Å²) in [5, 5.41) is 27.0. The molecular weight excluding hydrogens is 664 g/mol. The molecular formula is C38H38N8O6. The van der Waals surface area contributed by atoms with Gasteiger partial charge in [-0.1, -0.05) is 0 Å². The maximum Gasteiger partial charge on any atom is 0.298 e. The number of rotatable bonds is 10. The van der Waals surface area contributed by atoms with Crippen LogP contribution in [0.1, 0.15) is 35.4 Å². The number of hydrogen-bond acceptors (Lipinski definition) is 12. The number of carbonyl (C=O) groups is 1. The van der Waals surface area contributed by atoms with E-state index in [4.69, 9.17) is 25.1 Å². The van der Waals surface area contributed by atoms with Crippen LogP contribution >= 0.6 is 0 Å². The lowest BCUT2D eigenvalue weighted by atomic mass is 9.78. The zero-order valence-corrected chi connectivity index (χ0v) is 28.6. The number of nitriles is 2. The first-order valence-corrected chi connectivity index (χ1v) is 17.2. The van der Waals surface area contributed by atoms with Crippen molar-refractivity contribution in [2.24, 2.45) is 10.8 Å². The van der Waals surface area contributed by atoms with Gasteiger partial charge in [0.2, 0.25) is 0 Å². The van der Waals surface area contributed by atoms with Gasteiger partial charge in [0.25, 0.3) is 11.1 Å². The van der Waals surface area contributed by atoms with E-state index in [0.29, 0.717) is 65.5 Å². The fraction of sp³-hybridized carbons (Fsp3) is 0.395. The summed E-state index contributed by atoms with van der Waals surface area (Å²) >= 11 is 0. The maximum atomic E-state index is 13.0. The highest BCUT2D eigenvalue weighted by Crippen LogP contribution is 2.40. The normalized spacial score (nSPS) is 17.4. The summed E-state index contributed by atoms with van der Waals surface area (Å²) in [5.41, 5.74) is 3.92. The molecule has 266 valence electrons. The van der Waals surface area contributed by atoms with E-state index >= 15 is 0 Å². The van der Waals surface area contributed by atoms with Crippen molar-refractivity contribution in [2.75, 3.05) is 69.0 Å². The minimum Gasteiger partial charge on any atom is -0.396 e. The van der Waals surface area contributed by atoms with Gasteiger partial charge in [0, 0.05) is 63.0 Å². The van der Waals surface area contributed by atoms with Gasteiger partial charge in [-0.25, -0.2) is 9.97 Å². The number of anilines is 2. The second-order valence-electron chi connectivity index (χ2n) is 14.0. The smallest absolute Gasteiger partial charge is 0.298 e. The molecule has 4 aliphatic heterocycles. The van der Waals surface area contributed by atoms with Gasteiger partial charge in [0.05, 0.1) is 71.9 Å². The number of aldehydes is 1. The van der Waals surface area contributed by atoms with Crippen LogP contribution in [0.4, 0.5) is 11.6 Å². The molecule has 4 fully saturated rings. The summed E-state index contributed by atoms with van der Waals surface area (Å²) in [4.78, 5) is 49.8. The van der Waals surface area contributed by atoms with Crippen LogP contribution in [0, 0.1) is 33.5 Å². The molecule has 2 aromatic carbocycles. The van der Waals surface area contributed by atoms with Crippen molar-refractivity contribution >= 4 is 17.9 Å². The van der Waals surface area contributed by atoms with Gasteiger partial charge in [0.15, 0.2) is 11.6 Å². The number of hydrogen-bond donors (Lipinski definition) is 1. The van der Waals surface area contributed by atoms with E-state index in [2.05, 4.69) is 22.1 Å². The highest BCUT2D eigenvalue weighted by Gasteiger charge is 2.51. The molecule has 8 rings (SSSR count). The lowest BCUT2D eigenvalue weighted by Gasteiger charge is -2.55. The van der Waals surface area contributed by atoms with Crippen LogP contribution in [0.15, 0.2) is 70.5 Å². The summed E-state index contributed by atoms with van der Waals surface area (Å²) in [6.07, 6.45) is 6.29. The zero-order valence-electron chi connectivity index (χ0n) is 28.6. The Morgan fingerprint density at radius 2 is 1.13 bits per heavy atom. The number of ether oxygens (including phenoxy) is 2. The van der Waals surface area contributed by atoms with Crippen LogP contribution in [-0.4, -0.2) is 89.7 Å². The average Bonchev–Trinajstić information content (AvgIpc) is 3.09. The van der Waals surface area contributed by atoms with Crippen LogP contribution < -0.4 is 20.9 Å². The van der Waals surface area contributed by atoms with E-state index in [1.165, 1.54) is 0 Å². The molecule has 14 nitrogen and oxygen atoms in total. The van der Waals surface area contributed by atoms with E-state index in [1.807, 2.05) is 9.80 Å². The van der Waals surface area contributed by atoms with Crippen LogP contribution in [0.5, 0.6) is 0 Å². The number of aryl methyl sites for hydroxylation is 2. The Morgan fingerprint density at radius 1 is 0.712 bits per heavy atom. The molecule has 0 atom stereocenters. The summed E-state index contributed by atoms with van der Waals surface area (Å²) in [5.74, 6) is 0.859. The fourth-order valence-corrected chi connectivity index (χ4v) is 6.93. The van der Waals surface area contributed by atoms with Gasteiger partial charge in [-0.3, -0.25) is 18.7 Å². The predicted molar refractivity (Wildman–Crippen MR) is 190 cm³/mol. The third kappa shape index (κ3) is 6.84. The van der Waals surface area contributed by atoms with E-state index in [9.17, 15) is 14.4 Å². The number of benzene rings is 2. The zero-order chi connectivity index (χ0) is 36.3. The van der Waals surface area contributed by atoms with Crippen molar-refractivity contribution in [3.63, 3.8) is 0 Å². The summed E-state index contributed by atoms with van der Waals surface area (Å²) < 4.78 is 13.7. The second-order valence-corrected chi connectivity index (χ2v) is 14.0. The van der Waals surface area contributed by atoms with Gasteiger partial charge in [-0.05, 0) is 67.8 Å². The van der Waals surface area contributed by atoms with Crippen molar-refractivity contribution in [1.82, 2.24) is 19.1 Å². The Balaban J connectivity index is 0.000000162. The Bertz CT molecular complexity index is 2140. The largest absolute Gasteiger partial charge is 0.396 e. The van der Waals surface area contributed by atoms with Gasteiger partial charge < -0.3 is 29.2 Å². The minimum atomic E-state index is -0.195. The topological polar surface area (TPSA) is 180 Å². The molecule has 0 bridgehead atoms. The molecule has 0 amide bonds. The van der Waals surface area contributed by atoms with Gasteiger partial charge in [0.1, 0.15) is 6.29 Å². The highest BCUT2D eigenvalue weighted by atomic mass is 16.5. The van der Waals surface area contributed by atoms with Crippen LogP contribution in [0.2, 0.25) is 0 Å². The molecule has 0 saturated carbocycles. The predicted octanol–water partition coefficient (Wildman–Crippen LogP) is 1.94. The number of aliphatic hydroxyl groups excluding tert-OH is 1. The molecule has 2 spiro atoms. The molecule has 4 saturated heterocycles. The van der Waals surface area contributed by atoms with Crippen molar-refractivity contribution in [3.05, 3.63) is 104 Å². The highest BCUT2D eigenvalue weighted by molar-refractivity contribution is 5.51. The fourth-order valence-electron chi connectivity index (χ4n) is 6.93. The third-order valence-electron chi connectivity index (χ3n) is 9.87. The van der Waals surface area contributed by atoms with E-state index in [-0.39, 0.29) is 28.6 Å². The Labute approximate surface area is 299 Å². The quantitative estimate of drug-likeness (QED) is 0.238. The summed E-state index contributed by atoms with van der Waals surface area (Å²) in [6.45, 7) is 6.14.